The van der Waals surface area contributed by atoms with Crippen LogP contribution in [0.15, 0.2) is 48.5 Å². The highest BCUT2D eigenvalue weighted by Crippen LogP contribution is 2.39. The van der Waals surface area contributed by atoms with Gasteiger partial charge >= 0.3 is 0 Å². The fraction of sp³-hybridized carbons (Fsp3) is 0.200. The lowest BCUT2D eigenvalue weighted by molar-refractivity contribution is 0.0988. The SMILES string of the molecule is CC(F)C(F)(c1ccc(N)cc1)c1ccc(N)cc1. The predicted octanol–water partition coefficient (Wildman–Crippen LogP) is 3.42. The first-order valence-corrected chi connectivity index (χ1v) is 5.99. The van der Waals surface area contributed by atoms with Crippen molar-refractivity contribution in [3.05, 3.63) is 59.7 Å². The maximum Gasteiger partial charge on any atom is 0.191 e. The van der Waals surface area contributed by atoms with Crippen LogP contribution in [-0.4, -0.2) is 6.17 Å². The van der Waals surface area contributed by atoms with Gasteiger partial charge in [-0.05, 0) is 42.3 Å². The molecule has 2 nitrogen and oxygen atoms in total. The van der Waals surface area contributed by atoms with Crippen LogP contribution in [0.1, 0.15) is 18.1 Å². The lowest BCUT2D eigenvalue weighted by Gasteiger charge is -2.28. The van der Waals surface area contributed by atoms with Gasteiger partial charge in [-0.15, -0.1) is 0 Å². The summed E-state index contributed by atoms with van der Waals surface area (Å²) in [5, 5.41) is 0. The van der Waals surface area contributed by atoms with Crippen molar-refractivity contribution in [3.63, 3.8) is 0 Å². The van der Waals surface area contributed by atoms with E-state index in [2.05, 4.69) is 0 Å². The number of rotatable bonds is 3. The van der Waals surface area contributed by atoms with Gasteiger partial charge in [0.05, 0.1) is 0 Å². The largest absolute Gasteiger partial charge is 0.399 e. The van der Waals surface area contributed by atoms with Crippen LogP contribution in [0.25, 0.3) is 0 Å². The molecule has 1 atom stereocenters. The number of nitrogen functional groups attached to an aromatic ring is 2. The van der Waals surface area contributed by atoms with Crippen molar-refractivity contribution in [3.8, 4) is 0 Å². The van der Waals surface area contributed by atoms with Crippen LogP contribution in [-0.2, 0) is 5.67 Å². The highest BCUT2D eigenvalue weighted by molar-refractivity contribution is 5.47. The molecule has 2 aromatic carbocycles. The smallest absolute Gasteiger partial charge is 0.191 e. The predicted molar refractivity (Wildman–Crippen MR) is 74.2 cm³/mol. The molecule has 0 amide bonds. The second-order valence-corrected chi connectivity index (χ2v) is 4.57. The fourth-order valence-electron chi connectivity index (χ4n) is 2.08. The van der Waals surface area contributed by atoms with E-state index in [1.165, 1.54) is 31.2 Å². The molecule has 19 heavy (non-hydrogen) atoms. The first-order valence-electron chi connectivity index (χ1n) is 5.99. The Labute approximate surface area is 111 Å². The van der Waals surface area contributed by atoms with E-state index < -0.39 is 11.8 Å². The highest BCUT2D eigenvalue weighted by Gasteiger charge is 2.40. The fourth-order valence-corrected chi connectivity index (χ4v) is 2.08. The van der Waals surface area contributed by atoms with Gasteiger partial charge in [-0.2, -0.15) is 0 Å². The molecule has 0 radical (unpaired) electrons. The van der Waals surface area contributed by atoms with Crippen LogP contribution >= 0.6 is 0 Å². The van der Waals surface area contributed by atoms with Crippen LogP contribution in [0.3, 0.4) is 0 Å². The zero-order valence-electron chi connectivity index (χ0n) is 10.6. The van der Waals surface area contributed by atoms with E-state index in [-0.39, 0.29) is 11.1 Å². The number of hydrogen-bond donors (Lipinski definition) is 2. The average molecular weight is 262 g/mol. The molecule has 4 N–H and O–H groups in total. The van der Waals surface area contributed by atoms with Crippen LogP contribution in [0.2, 0.25) is 0 Å². The third-order valence-corrected chi connectivity index (χ3v) is 3.21. The number of anilines is 2. The maximum atomic E-state index is 15.2. The molecule has 100 valence electrons. The van der Waals surface area contributed by atoms with Crippen molar-refractivity contribution >= 4 is 11.4 Å². The van der Waals surface area contributed by atoms with Gasteiger partial charge in [0.25, 0.3) is 0 Å². The second kappa shape index (κ2) is 4.88. The molecule has 0 fully saturated rings. The van der Waals surface area contributed by atoms with E-state index in [9.17, 15) is 4.39 Å². The summed E-state index contributed by atoms with van der Waals surface area (Å²) in [4.78, 5) is 0. The molecule has 0 aliphatic carbocycles. The molecule has 0 spiro atoms. The molecule has 0 aliphatic heterocycles. The quantitative estimate of drug-likeness (QED) is 0.833. The molecule has 0 saturated heterocycles. The van der Waals surface area contributed by atoms with Gasteiger partial charge in [-0.1, -0.05) is 24.3 Å². The summed E-state index contributed by atoms with van der Waals surface area (Å²) in [6.07, 6.45) is -1.69. The van der Waals surface area contributed by atoms with Crippen LogP contribution < -0.4 is 11.5 Å². The van der Waals surface area contributed by atoms with Crippen molar-refractivity contribution in [1.29, 1.82) is 0 Å². The summed E-state index contributed by atoms with van der Waals surface area (Å²) < 4.78 is 29.1. The standard InChI is InChI=1S/C15H16F2N2/c1-10(16)15(17,11-2-6-13(18)7-3-11)12-4-8-14(19)9-5-12/h2-10H,18-19H2,1H3. The minimum atomic E-state index is -2.21. The summed E-state index contributed by atoms with van der Waals surface area (Å²) >= 11 is 0. The molecule has 0 bridgehead atoms. The maximum absolute atomic E-state index is 15.2. The molecule has 2 rings (SSSR count). The Hall–Kier alpha value is -2.10. The second-order valence-electron chi connectivity index (χ2n) is 4.57. The van der Waals surface area contributed by atoms with E-state index >= 15 is 4.39 Å². The summed E-state index contributed by atoms with van der Waals surface area (Å²) in [6, 6.07) is 12.2. The summed E-state index contributed by atoms with van der Waals surface area (Å²) in [5.74, 6) is 0. The number of halogens is 2. The third-order valence-electron chi connectivity index (χ3n) is 3.21. The van der Waals surface area contributed by atoms with Gasteiger partial charge in [0, 0.05) is 11.4 Å². The molecule has 0 saturated carbocycles. The van der Waals surface area contributed by atoms with Gasteiger partial charge < -0.3 is 11.5 Å². The zero-order chi connectivity index (χ0) is 14.0. The number of nitrogens with two attached hydrogens (primary N) is 2. The minimum Gasteiger partial charge on any atom is -0.399 e. The Morgan fingerprint density at radius 3 is 1.42 bits per heavy atom. The van der Waals surface area contributed by atoms with Crippen LogP contribution in [0, 0.1) is 0 Å². The molecule has 0 heterocycles. The van der Waals surface area contributed by atoms with Crippen molar-refractivity contribution in [2.75, 3.05) is 11.5 Å². The molecule has 1 unspecified atom stereocenters. The Kier molecular flexibility index (Phi) is 3.42. The topological polar surface area (TPSA) is 52.0 Å². The Morgan fingerprint density at radius 1 is 0.842 bits per heavy atom. The Balaban J connectivity index is 2.54. The zero-order valence-corrected chi connectivity index (χ0v) is 10.6. The normalized spacial score (nSPS) is 13.2. The monoisotopic (exact) mass is 262 g/mol. The molecule has 0 aromatic heterocycles. The molecular weight excluding hydrogens is 246 g/mol. The van der Waals surface area contributed by atoms with E-state index in [1.807, 2.05) is 0 Å². The Morgan fingerprint density at radius 2 is 1.16 bits per heavy atom. The van der Waals surface area contributed by atoms with E-state index in [1.54, 1.807) is 24.3 Å². The first kappa shape index (κ1) is 13.3. The lowest BCUT2D eigenvalue weighted by atomic mass is 9.84. The van der Waals surface area contributed by atoms with Crippen molar-refractivity contribution in [1.82, 2.24) is 0 Å². The van der Waals surface area contributed by atoms with Crippen LogP contribution in [0.4, 0.5) is 20.2 Å². The van der Waals surface area contributed by atoms with E-state index in [4.69, 9.17) is 11.5 Å². The minimum absolute atomic E-state index is 0.237. The number of hydrogen-bond acceptors (Lipinski definition) is 2. The van der Waals surface area contributed by atoms with Crippen LogP contribution in [0.5, 0.6) is 0 Å². The van der Waals surface area contributed by atoms with Gasteiger partial charge in [0.2, 0.25) is 0 Å². The highest BCUT2D eigenvalue weighted by atomic mass is 19.2. The van der Waals surface area contributed by atoms with Gasteiger partial charge in [-0.3, -0.25) is 0 Å². The van der Waals surface area contributed by atoms with Crippen molar-refractivity contribution in [2.24, 2.45) is 0 Å². The Bertz CT molecular complexity index is 502. The van der Waals surface area contributed by atoms with Gasteiger partial charge in [-0.25, -0.2) is 8.78 Å². The van der Waals surface area contributed by atoms with Gasteiger partial charge in [0.15, 0.2) is 5.67 Å². The first-order chi connectivity index (χ1) is 8.94. The molecule has 4 heteroatoms. The molecule has 0 aliphatic rings. The summed E-state index contributed by atoms with van der Waals surface area (Å²) in [5.41, 5.74) is 10.4. The number of alkyl halides is 2. The third kappa shape index (κ3) is 2.38. The van der Waals surface area contributed by atoms with E-state index in [0.717, 1.165) is 0 Å². The van der Waals surface area contributed by atoms with Gasteiger partial charge in [0.1, 0.15) is 6.17 Å². The summed E-state index contributed by atoms with van der Waals surface area (Å²) in [6.45, 7) is 1.20. The average Bonchev–Trinajstić information content (AvgIpc) is 2.39. The molecule has 2 aromatic rings. The van der Waals surface area contributed by atoms with Crippen molar-refractivity contribution < 1.29 is 8.78 Å². The van der Waals surface area contributed by atoms with E-state index in [0.29, 0.717) is 11.4 Å². The van der Waals surface area contributed by atoms with Crippen molar-refractivity contribution in [2.45, 2.75) is 18.8 Å². The summed E-state index contributed by atoms with van der Waals surface area (Å²) in [7, 11) is 0. The molecular formula is C15H16F2N2. The number of benzene rings is 2. The lowest BCUT2D eigenvalue weighted by Crippen LogP contribution is -2.31.